The zero-order valence-electron chi connectivity index (χ0n) is 16.9. The van der Waals surface area contributed by atoms with Gasteiger partial charge in [-0.2, -0.15) is 4.31 Å². The number of para-hydroxylation sites is 2. The fourth-order valence-electron chi connectivity index (χ4n) is 3.32. The van der Waals surface area contributed by atoms with Crippen LogP contribution in [0.25, 0.3) is 0 Å². The lowest BCUT2D eigenvalue weighted by molar-refractivity contribution is 0.0980. The van der Waals surface area contributed by atoms with Crippen LogP contribution in [0, 0.1) is 0 Å². The number of fused-ring (bicyclic) bond motifs is 1. The summed E-state index contributed by atoms with van der Waals surface area (Å²) in [6, 6.07) is 11.4. The van der Waals surface area contributed by atoms with Crippen LogP contribution < -0.4 is 15.4 Å². The SMILES string of the molecule is CN(Cc1csc(C(=O)N2CCOc3ccccc32)c1Cl)S(=O)(=O)c1ccc(Cl)c(N)c1. The Bertz CT molecular complexity index is 1290. The minimum Gasteiger partial charge on any atom is -0.490 e. The summed E-state index contributed by atoms with van der Waals surface area (Å²) in [6.45, 7) is 0.767. The molecule has 1 aliphatic heterocycles. The molecule has 168 valence electrons. The van der Waals surface area contributed by atoms with E-state index in [1.165, 1.54) is 36.6 Å². The Kier molecular flexibility index (Phi) is 6.37. The Hall–Kier alpha value is -2.30. The molecule has 1 aromatic heterocycles. The van der Waals surface area contributed by atoms with E-state index in [0.717, 1.165) is 4.31 Å². The minimum atomic E-state index is -3.84. The van der Waals surface area contributed by atoms with Gasteiger partial charge in [-0.05, 0) is 41.3 Å². The highest BCUT2D eigenvalue weighted by Gasteiger charge is 2.29. The number of carbonyl (C=O) groups is 1. The highest BCUT2D eigenvalue weighted by molar-refractivity contribution is 7.89. The van der Waals surface area contributed by atoms with Crippen LogP contribution in [0.5, 0.6) is 5.75 Å². The molecule has 0 bridgehead atoms. The molecule has 11 heteroatoms. The van der Waals surface area contributed by atoms with E-state index in [4.69, 9.17) is 33.7 Å². The van der Waals surface area contributed by atoms with E-state index in [1.807, 2.05) is 18.2 Å². The lowest BCUT2D eigenvalue weighted by atomic mass is 10.2. The van der Waals surface area contributed by atoms with Gasteiger partial charge in [-0.1, -0.05) is 35.3 Å². The number of benzene rings is 2. The van der Waals surface area contributed by atoms with Gasteiger partial charge in [0.1, 0.15) is 17.2 Å². The van der Waals surface area contributed by atoms with Crippen LogP contribution in [-0.2, 0) is 16.6 Å². The van der Waals surface area contributed by atoms with Gasteiger partial charge < -0.3 is 15.4 Å². The van der Waals surface area contributed by atoms with Crippen molar-refractivity contribution in [3.05, 3.63) is 68.3 Å². The van der Waals surface area contributed by atoms with Crippen LogP contribution in [0.3, 0.4) is 0 Å². The number of carbonyl (C=O) groups excluding carboxylic acids is 1. The van der Waals surface area contributed by atoms with E-state index < -0.39 is 10.0 Å². The van der Waals surface area contributed by atoms with Gasteiger partial charge in [-0.25, -0.2) is 8.42 Å². The molecule has 0 saturated carbocycles. The molecule has 0 radical (unpaired) electrons. The maximum atomic E-state index is 13.2. The predicted octanol–water partition coefficient (Wildman–Crippen LogP) is 4.50. The second-order valence-corrected chi connectivity index (χ2v) is 10.8. The van der Waals surface area contributed by atoms with E-state index >= 15 is 0 Å². The molecule has 32 heavy (non-hydrogen) atoms. The van der Waals surface area contributed by atoms with Crippen LogP contribution in [0.4, 0.5) is 11.4 Å². The zero-order valence-corrected chi connectivity index (χ0v) is 20.1. The summed E-state index contributed by atoms with van der Waals surface area (Å²) in [5, 5.41) is 2.21. The Morgan fingerprint density at radius 2 is 2.00 bits per heavy atom. The first-order valence-electron chi connectivity index (χ1n) is 9.51. The topological polar surface area (TPSA) is 92.9 Å². The van der Waals surface area contributed by atoms with Crippen molar-refractivity contribution in [1.29, 1.82) is 0 Å². The molecule has 1 aliphatic rings. The Balaban J connectivity index is 1.57. The van der Waals surface area contributed by atoms with Crippen molar-refractivity contribution in [3.63, 3.8) is 0 Å². The van der Waals surface area contributed by atoms with Gasteiger partial charge in [-0.15, -0.1) is 11.3 Å². The quantitative estimate of drug-likeness (QED) is 0.509. The van der Waals surface area contributed by atoms with Crippen molar-refractivity contribution in [2.45, 2.75) is 11.4 Å². The first-order valence-corrected chi connectivity index (χ1v) is 12.6. The van der Waals surface area contributed by atoms with E-state index in [-0.39, 0.29) is 33.1 Å². The highest BCUT2D eigenvalue weighted by atomic mass is 35.5. The van der Waals surface area contributed by atoms with Crippen molar-refractivity contribution < 1.29 is 17.9 Å². The smallest absolute Gasteiger partial charge is 0.270 e. The summed E-state index contributed by atoms with van der Waals surface area (Å²) < 4.78 is 32.6. The number of anilines is 2. The molecule has 0 atom stereocenters. The number of sulfonamides is 1. The number of nitrogens with zero attached hydrogens (tertiary/aromatic N) is 2. The fraction of sp³-hybridized carbons (Fsp3) is 0.190. The van der Waals surface area contributed by atoms with E-state index in [0.29, 0.717) is 35.0 Å². The van der Waals surface area contributed by atoms with E-state index in [2.05, 4.69) is 0 Å². The number of rotatable bonds is 5. The normalized spacial score (nSPS) is 13.7. The lowest BCUT2D eigenvalue weighted by Crippen LogP contribution is -2.37. The molecule has 0 aliphatic carbocycles. The Morgan fingerprint density at radius 3 is 2.75 bits per heavy atom. The summed E-state index contributed by atoms with van der Waals surface area (Å²) in [7, 11) is -2.40. The third kappa shape index (κ3) is 4.18. The van der Waals surface area contributed by atoms with Crippen LogP contribution in [0.1, 0.15) is 15.2 Å². The van der Waals surface area contributed by atoms with Crippen LogP contribution >= 0.6 is 34.5 Å². The summed E-state index contributed by atoms with van der Waals surface area (Å²) in [5.74, 6) is 0.381. The molecular formula is C21H19Cl2N3O4S2. The highest BCUT2D eigenvalue weighted by Crippen LogP contribution is 2.36. The van der Waals surface area contributed by atoms with Gasteiger partial charge in [0.15, 0.2) is 0 Å². The molecule has 2 heterocycles. The van der Waals surface area contributed by atoms with E-state index in [9.17, 15) is 13.2 Å². The average Bonchev–Trinajstić information content (AvgIpc) is 3.14. The second-order valence-electron chi connectivity index (χ2n) is 7.12. The second kappa shape index (κ2) is 8.92. The van der Waals surface area contributed by atoms with Gasteiger partial charge in [0.05, 0.1) is 32.9 Å². The van der Waals surface area contributed by atoms with Gasteiger partial charge in [0.2, 0.25) is 10.0 Å². The van der Waals surface area contributed by atoms with Crippen molar-refractivity contribution >= 4 is 61.8 Å². The monoisotopic (exact) mass is 511 g/mol. The summed E-state index contributed by atoms with van der Waals surface area (Å²) >= 11 is 13.6. The number of nitrogens with two attached hydrogens (primary N) is 1. The standard InChI is InChI=1S/C21H19Cl2N3O4S2/c1-25(32(28,29)14-6-7-15(22)16(24)10-14)11-13-12-31-20(19(13)23)21(27)26-8-9-30-18-5-3-2-4-17(18)26/h2-7,10,12H,8-9,11,24H2,1H3. The molecule has 0 spiro atoms. The predicted molar refractivity (Wildman–Crippen MR) is 127 cm³/mol. The van der Waals surface area contributed by atoms with Gasteiger partial charge in [-0.3, -0.25) is 4.79 Å². The molecule has 0 saturated heterocycles. The molecular weight excluding hydrogens is 493 g/mol. The maximum absolute atomic E-state index is 13.2. The number of hydrogen-bond donors (Lipinski definition) is 1. The number of amides is 1. The fourth-order valence-corrected chi connectivity index (χ4v) is 5.91. The largest absolute Gasteiger partial charge is 0.490 e. The molecule has 0 fully saturated rings. The Labute approximate surface area is 200 Å². The van der Waals surface area contributed by atoms with Gasteiger partial charge in [0, 0.05) is 13.6 Å². The third-order valence-electron chi connectivity index (χ3n) is 5.04. The zero-order chi connectivity index (χ0) is 23.0. The maximum Gasteiger partial charge on any atom is 0.270 e. The van der Waals surface area contributed by atoms with Crippen molar-refractivity contribution in [2.75, 3.05) is 30.8 Å². The molecule has 1 amide bonds. The third-order valence-corrected chi connectivity index (χ3v) is 8.74. The molecule has 7 nitrogen and oxygen atoms in total. The van der Waals surface area contributed by atoms with Crippen molar-refractivity contribution in [2.24, 2.45) is 0 Å². The molecule has 4 rings (SSSR count). The van der Waals surface area contributed by atoms with Crippen molar-refractivity contribution in [1.82, 2.24) is 4.31 Å². The minimum absolute atomic E-state index is 0.00677. The number of thiophene rings is 1. The lowest BCUT2D eigenvalue weighted by Gasteiger charge is -2.29. The van der Waals surface area contributed by atoms with Crippen LogP contribution in [0.15, 0.2) is 52.7 Å². The summed E-state index contributed by atoms with van der Waals surface area (Å²) in [5.41, 5.74) is 7.14. The van der Waals surface area contributed by atoms with Gasteiger partial charge >= 0.3 is 0 Å². The first kappa shape index (κ1) is 22.9. The first-order chi connectivity index (χ1) is 15.2. The summed E-state index contributed by atoms with van der Waals surface area (Å²) in [4.78, 5) is 15.2. The average molecular weight is 512 g/mol. The van der Waals surface area contributed by atoms with Crippen molar-refractivity contribution in [3.8, 4) is 5.75 Å². The summed E-state index contributed by atoms with van der Waals surface area (Å²) in [6.07, 6.45) is 0. The number of ether oxygens (including phenoxy) is 1. The number of nitrogen functional groups attached to an aromatic ring is 1. The van der Waals surface area contributed by atoms with Gasteiger partial charge in [0.25, 0.3) is 5.91 Å². The number of halogens is 2. The molecule has 2 N–H and O–H groups in total. The molecule has 2 aromatic carbocycles. The Morgan fingerprint density at radius 1 is 1.25 bits per heavy atom. The molecule has 0 unspecified atom stereocenters. The number of hydrogen-bond acceptors (Lipinski definition) is 6. The van der Waals surface area contributed by atoms with E-state index in [1.54, 1.807) is 16.3 Å². The van der Waals surface area contributed by atoms with Crippen LogP contribution in [-0.4, -0.2) is 38.8 Å². The van der Waals surface area contributed by atoms with Crippen LogP contribution in [0.2, 0.25) is 10.0 Å². The molecule has 3 aromatic rings.